The fourth-order valence-corrected chi connectivity index (χ4v) is 2.61. The van der Waals surface area contributed by atoms with Crippen LogP contribution in [0.25, 0.3) is 0 Å². The van der Waals surface area contributed by atoms with E-state index in [2.05, 4.69) is 15.9 Å². The number of anilines is 1. The summed E-state index contributed by atoms with van der Waals surface area (Å²) in [5.74, 6) is -0.420. The highest BCUT2D eigenvalue weighted by Gasteiger charge is 2.29. The van der Waals surface area contributed by atoms with Gasteiger partial charge in [0, 0.05) is 22.3 Å². The first-order valence-electron chi connectivity index (χ1n) is 5.73. The molecule has 1 atom stereocenters. The van der Waals surface area contributed by atoms with E-state index in [1.54, 1.807) is 0 Å². The van der Waals surface area contributed by atoms with Crippen molar-refractivity contribution in [1.29, 1.82) is 0 Å². The summed E-state index contributed by atoms with van der Waals surface area (Å²) >= 11 is 8.45. The molecular formula is C12H14BrN3O2S. The molecule has 1 amide bonds. The van der Waals surface area contributed by atoms with Crippen LogP contribution in [0.2, 0.25) is 0 Å². The van der Waals surface area contributed by atoms with Crippen LogP contribution in [-0.2, 0) is 9.53 Å². The van der Waals surface area contributed by atoms with E-state index >= 15 is 0 Å². The molecule has 0 aromatic heterocycles. The molecule has 1 fully saturated rings. The Kier molecular flexibility index (Phi) is 4.38. The minimum Gasteiger partial charge on any atom is -0.389 e. The van der Waals surface area contributed by atoms with Crippen molar-refractivity contribution in [3.8, 4) is 0 Å². The zero-order chi connectivity index (χ0) is 14.0. The van der Waals surface area contributed by atoms with Crippen molar-refractivity contribution >= 4 is 44.7 Å². The largest absolute Gasteiger partial charge is 0.389 e. The summed E-state index contributed by atoms with van der Waals surface area (Å²) in [7, 11) is 0. The summed E-state index contributed by atoms with van der Waals surface area (Å²) < 4.78 is 6.18. The maximum absolute atomic E-state index is 11.5. The fourth-order valence-electron chi connectivity index (χ4n) is 2.08. The summed E-state index contributed by atoms with van der Waals surface area (Å²) in [5, 5.41) is 0. The van der Waals surface area contributed by atoms with Gasteiger partial charge in [-0.05, 0) is 18.2 Å². The summed E-state index contributed by atoms with van der Waals surface area (Å²) in [6.45, 7) is 1.39. The lowest BCUT2D eigenvalue weighted by molar-refractivity contribution is -0.121. The number of primary amides is 1. The number of carbonyl (C=O) groups excluding carboxylic acids is 1. The molecule has 1 aromatic carbocycles. The number of amides is 1. The zero-order valence-corrected chi connectivity index (χ0v) is 12.5. The van der Waals surface area contributed by atoms with Gasteiger partial charge >= 0.3 is 0 Å². The van der Waals surface area contributed by atoms with Crippen LogP contribution in [0.1, 0.15) is 5.56 Å². The van der Waals surface area contributed by atoms with E-state index in [0.717, 1.165) is 15.7 Å². The van der Waals surface area contributed by atoms with Gasteiger partial charge < -0.3 is 21.1 Å². The van der Waals surface area contributed by atoms with E-state index in [0.29, 0.717) is 13.2 Å². The second kappa shape index (κ2) is 5.85. The molecule has 0 radical (unpaired) electrons. The lowest BCUT2D eigenvalue weighted by Gasteiger charge is -2.36. The number of hydrogen-bond acceptors (Lipinski definition) is 4. The van der Waals surface area contributed by atoms with Gasteiger partial charge in [0.2, 0.25) is 5.91 Å². The van der Waals surface area contributed by atoms with Crippen LogP contribution in [-0.4, -0.2) is 36.7 Å². The number of nitrogens with zero attached hydrogens (tertiary/aromatic N) is 1. The predicted octanol–water partition coefficient (Wildman–Crippen LogP) is 0.774. The van der Waals surface area contributed by atoms with Crippen molar-refractivity contribution in [1.82, 2.24) is 0 Å². The number of rotatable bonds is 3. The number of benzene rings is 1. The minimum atomic E-state index is -0.497. The summed E-state index contributed by atoms with van der Waals surface area (Å²) in [5.41, 5.74) is 12.7. The van der Waals surface area contributed by atoms with Gasteiger partial charge in [0.25, 0.3) is 0 Å². The Bertz CT molecular complexity index is 524. The Balaban J connectivity index is 2.44. The number of ether oxygens (including phenoxy) is 1. The van der Waals surface area contributed by atoms with Crippen LogP contribution in [0.4, 0.5) is 5.69 Å². The lowest BCUT2D eigenvalue weighted by Crippen LogP contribution is -2.53. The molecular weight excluding hydrogens is 330 g/mol. The zero-order valence-electron chi connectivity index (χ0n) is 10.1. The fraction of sp³-hybridized carbons (Fsp3) is 0.333. The molecule has 2 rings (SSSR count). The van der Waals surface area contributed by atoms with Crippen molar-refractivity contribution in [3.63, 3.8) is 0 Å². The molecule has 102 valence electrons. The van der Waals surface area contributed by atoms with Crippen LogP contribution in [0.3, 0.4) is 0 Å². The number of morpholine rings is 1. The predicted molar refractivity (Wildman–Crippen MR) is 81.2 cm³/mol. The van der Waals surface area contributed by atoms with Gasteiger partial charge in [0.05, 0.1) is 13.2 Å². The maximum atomic E-state index is 11.5. The molecule has 0 saturated carbocycles. The van der Waals surface area contributed by atoms with Crippen LogP contribution >= 0.6 is 28.1 Å². The van der Waals surface area contributed by atoms with E-state index in [9.17, 15) is 4.79 Å². The van der Waals surface area contributed by atoms with Crippen molar-refractivity contribution in [2.75, 3.05) is 24.7 Å². The Morgan fingerprint density at radius 1 is 1.47 bits per heavy atom. The van der Waals surface area contributed by atoms with E-state index in [1.807, 2.05) is 23.1 Å². The average Bonchev–Trinajstić information content (AvgIpc) is 2.38. The highest BCUT2D eigenvalue weighted by atomic mass is 79.9. The standard InChI is InChI=1S/C12H14BrN3O2S/c13-7-1-2-9(8(5-7)12(15)19)16-3-4-18-6-10(16)11(14)17/h1-2,5,10H,3-4,6H2,(H2,14,17)(H2,15,19). The van der Waals surface area contributed by atoms with E-state index < -0.39 is 11.9 Å². The lowest BCUT2D eigenvalue weighted by atomic mass is 10.1. The van der Waals surface area contributed by atoms with Crippen LogP contribution < -0.4 is 16.4 Å². The van der Waals surface area contributed by atoms with Gasteiger partial charge in [-0.3, -0.25) is 4.79 Å². The monoisotopic (exact) mass is 343 g/mol. The molecule has 1 heterocycles. The SMILES string of the molecule is NC(=O)C1COCCN1c1ccc(Br)cc1C(N)=S. The third-order valence-corrected chi connectivity index (χ3v) is 3.70. The summed E-state index contributed by atoms with van der Waals surface area (Å²) in [6, 6.07) is 5.10. The third kappa shape index (κ3) is 3.05. The summed E-state index contributed by atoms with van der Waals surface area (Å²) in [4.78, 5) is 13.7. The molecule has 5 nitrogen and oxygen atoms in total. The second-order valence-corrected chi connectivity index (χ2v) is 5.57. The molecule has 1 aliphatic heterocycles. The minimum absolute atomic E-state index is 0.280. The van der Waals surface area contributed by atoms with Crippen molar-refractivity contribution in [2.45, 2.75) is 6.04 Å². The third-order valence-electron chi connectivity index (χ3n) is 2.99. The molecule has 1 saturated heterocycles. The topological polar surface area (TPSA) is 81.6 Å². The number of thiocarbonyl (C=S) groups is 1. The first-order chi connectivity index (χ1) is 9.00. The maximum Gasteiger partial charge on any atom is 0.242 e. The smallest absolute Gasteiger partial charge is 0.242 e. The quantitative estimate of drug-likeness (QED) is 0.792. The Morgan fingerprint density at radius 3 is 2.84 bits per heavy atom. The van der Waals surface area contributed by atoms with E-state index in [-0.39, 0.29) is 11.6 Å². The number of halogens is 1. The normalized spacial score (nSPS) is 19.2. The Hall–Kier alpha value is -1.18. The Morgan fingerprint density at radius 2 is 2.21 bits per heavy atom. The van der Waals surface area contributed by atoms with Crippen LogP contribution in [0.5, 0.6) is 0 Å². The second-order valence-electron chi connectivity index (χ2n) is 4.21. The first kappa shape index (κ1) is 14.2. The van der Waals surface area contributed by atoms with E-state index in [4.69, 9.17) is 28.4 Å². The average molecular weight is 344 g/mol. The van der Waals surface area contributed by atoms with Gasteiger partial charge in [-0.25, -0.2) is 0 Å². The number of nitrogens with two attached hydrogens (primary N) is 2. The van der Waals surface area contributed by atoms with Crippen molar-refractivity contribution < 1.29 is 9.53 Å². The molecule has 7 heteroatoms. The van der Waals surface area contributed by atoms with Gasteiger partial charge in [0.15, 0.2) is 0 Å². The van der Waals surface area contributed by atoms with Gasteiger partial charge in [-0.1, -0.05) is 28.1 Å². The molecule has 4 N–H and O–H groups in total. The van der Waals surface area contributed by atoms with Crippen LogP contribution in [0.15, 0.2) is 22.7 Å². The molecule has 1 unspecified atom stereocenters. The highest BCUT2D eigenvalue weighted by Crippen LogP contribution is 2.27. The number of hydrogen-bond donors (Lipinski definition) is 2. The molecule has 1 aliphatic rings. The van der Waals surface area contributed by atoms with Gasteiger partial charge in [-0.2, -0.15) is 0 Å². The van der Waals surface area contributed by atoms with Gasteiger partial charge in [0.1, 0.15) is 11.0 Å². The van der Waals surface area contributed by atoms with E-state index in [1.165, 1.54) is 0 Å². The molecule has 1 aromatic rings. The highest BCUT2D eigenvalue weighted by molar-refractivity contribution is 9.10. The molecule has 0 spiro atoms. The molecule has 19 heavy (non-hydrogen) atoms. The van der Waals surface area contributed by atoms with Crippen molar-refractivity contribution in [3.05, 3.63) is 28.2 Å². The molecule has 0 aliphatic carbocycles. The van der Waals surface area contributed by atoms with Crippen molar-refractivity contribution in [2.24, 2.45) is 11.5 Å². The first-order valence-corrected chi connectivity index (χ1v) is 6.94. The van der Waals surface area contributed by atoms with Gasteiger partial charge in [-0.15, -0.1) is 0 Å². The van der Waals surface area contributed by atoms with Crippen LogP contribution in [0, 0.1) is 0 Å². The Labute approximate surface area is 125 Å². The number of carbonyl (C=O) groups is 1. The summed E-state index contributed by atoms with van der Waals surface area (Å²) in [6.07, 6.45) is 0. The molecule has 0 bridgehead atoms.